The highest BCUT2D eigenvalue weighted by atomic mass is 16.9. The molecule has 6 heteroatoms. The lowest BCUT2D eigenvalue weighted by Crippen LogP contribution is -2.40. The Kier molecular flexibility index (Phi) is 3.61. The molecule has 0 aromatic carbocycles. The highest BCUT2D eigenvalue weighted by molar-refractivity contribution is 4.43. The Morgan fingerprint density at radius 3 is 2.38 bits per heavy atom. The fourth-order valence-electron chi connectivity index (χ4n) is 0.176. The van der Waals surface area contributed by atoms with Gasteiger partial charge in [0.2, 0.25) is 0 Å². The van der Waals surface area contributed by atoms with Gasteiger partial charge in [0.25, 0.3) is 0 Å². The summed E-state index contributed by atoms with van der Waals surface area (Å²) < 4.78 is 0. The van der Waals surface area contributed by atoms with Crippen LogP contribution in [0.4, 0.5) is 0 Å². The Morgan fingerprint density at radius 1 is 1.75 bits per heavy atom. The Balaban J connectivity index is 3.10. The van der Waals surface area contributed by atoms with Crippen LogP contribution < -0.4 is 17.3 Å². The largest absolute Gasteiger partial charge is 0.748 e. The van der Waals surface area contributed by atoms with Gasteiger partial charge in [-0.3, -0.25) is 10.7 Å². The molecule has 0 saturated heterocycles. The lowest BCUT2D eigenvalue weighted by atomic mass is 10.6. The van der Waals surface area contributed by atoms with E-state index in [-0.39, 0.29) is 11.9 Å². The van der Waals surface area contributed by atoms with E-state index in [1.165, 1.54) is 0 Å². The van der Waals surface area contributed by atoms with Crippen molar-refractivity contribution in [2.75, 3.05) is 6.54 Å². The fourth-order valence-corrected chi connectivity index (χ4v) is 0.176. The predicted molar refractivity (Wildman–Crippen MR) is 27.5 cm³/mol. The van der Waals surface area contributed by atoms with Crippen LogP contribution in [-0.4, -0.2) is 18.1 Å². The summed E-state index contributed by atoms with van der Waals surface area (Å²) in [7, 11) is 0. The molecule has 0 spiro atoms. The first-order valence-electron chi connectivity index (χ1n) is 2.01. The van der Waals surface area contributed by atoms with Crippen LogP contribution in [0.5, 0.6) is 0 Å². The van der Waals surface area contributed by atoms with Crippen molar-refractivity contribution in [1.82, 2.24) is 5.34 Å². The third kappa shape index (κ3) is 3.93. The lowest BCUT2D eigenvalue weighted by molar-refractivity contribution is -0.161. The van der Waals surface area contributed by atoms with E-state index in [4.69, 9.17) is 11.5 Å². The Hall–Kier alpha value is -0.240. The molecule has 50 valence electrons. The third-order valence-electron chi connectivity index (χ3n) is 0.472. The van der Waals surface area contributed by atoms with Gasteiger partial charge in [0, 0.05) is 6.54 Å². The van der Waals surface area contributed by atoms with E-state index in [9.17, 15) is 5.21 Å². The normalized spacial score (nSPS) is 14.6. The predicted octanol–water partition coefficient (Wildman–Crippen LogP) is -2.17. The maximum atomic E-state index is 9.75. The molecule has 0 fully saturated rings. The van der Waals surface area contributed by atoms with Gasteiger partial charge in [-0.25, -0.2) is 0 Å². The molecule has 6 N–H and O–H groups in total. The molecule has 1 unspecified atom stereocenters. The maximum Gasteiger partial charge on any atom is 0.140 e. The number of nitrogens with zero attached hydrogens (tertiary/aromatic N) is 1. The van der Waals surface area contributed by atoms with Gasteiger partial charge >= 0.3 is 0 Å². The zero-order chi connectivity index (χ0) is 6.57. The first kappa shape index (κ1) is 7.76. The molecule has 6 nitrogen and oxygen atoms in total. The van der Waals surface area contributed by atoms with Crippen LogP contribution in [0.3, 0.4) is 0 Å². The molecule has 0 aromatic heterocycles. The molecule has 0 aliphatic rings. The van der Waals surface area contributed by atoms with E-state index in [0.717, 1.165) is 0 Å². The summed E-state index contributed by atoms with van der Waals surface area (Å²) in [5.74, 6) is 4.49. The van der Waals surface area contributed by atoms with E-state index < -0.39 is 6.23 Å². The minimum Gasteiger partial charge on any atom is -0.748 e. The number of hydrogen-bond acceptors (Lipinski definition) is 6. The Labute approximate surface area is 46.7 Å². The zero-order valence-electron chi connectivity index (χ0n) is 4.28. The fraction of sp³-hybridized carbons (Fsp3) is 1.00. The highest BCUT2D eigenvalue weighted by Crippen LogP contribution is 1.78. The van der Waals surface area contributed by atoms with E-state index in [1.807, 2.05) is 0 Å². The average Bonchev–Trinajstić information content (AvgIpc) is 1.65. The van der Waals surface area contributed by atoms with Crippen LogP contribution in [0, 0.1) is 5.21 Å². The molecule has 0 amide bonds. The second kappa shape index (κ2) is 3.72. The monoisotopic (exact) mass is 121 g/mol. The Morgan fingerprint density at radius 2 is 2.25 bits per heavy atom. The van der Waals surface area contributed by atoms with Crippen LogP contribution in [0.1, 0.15) is 0 Å². The standard InChI is InChI=1S/C2H9N4O2/c3-1-2(4)8-6(5)7/h2H,1,3-5H2/q-1. The quantitative estimate of drug-likeness (QED) is 0.222. The molecule has 0 bridgehead atoms. The highest BCUT2D eigenvalue weighted by Gasteiger charge is 1.95. The van der Waals surface area contributed by atoms with Crippen LogP contribution >= 0.6 is 0 Å². The van der Waals surface area contributed by atoms with Gasteiger partial charge in [0.15, 0.2) is 0 Å². The van der Waals surface area contributed by atoms with Crippen LogP contribution in [-0.2, 0) is 4.84 Å². The van der Waals surface area contributed by atoms with Crippen molar-refractivity contribution in [2.45, 2.75) is 6.23 Å². The Bertz CT molecular complexity index is 58.0. The number of hydrazine groups is 1. The van der Waals surface area contributed by atoms with Crippen LogP contribution in [0.2, 0.25) is 0 Å². The summed E-state index contributed by atoms with van der Waals surface area (Å²) in [6.07, 6.45) is -0.808. The van der Waals surface area contributed by atoms with Crippen molar-refractivity contribution in [3.05, 3.63) is 5.21 Å². The van der Waals surface area contributed by atoms with Crippen molar-refractivity contribution in [2.24, 2.45) is 17.3 Å². The van der Waals surface area contributed by atoms with Gasteiger partial charge < -0.3 is 16.7 Å². The number of rotatable bonds is 3. The molecule has 0 radical (unpaired) electrons. The zero-order valence-corrected chi connectivity index (χ0v) is 4.28. The third-order valence-corrected chi connectivity index (χ3v) is 0.472. The van der Waals surface area contributed by atoms with Gasteiger partial charge in [-0.1, -0.05) is 0 Å². The van der Waals surface area contributed by atoms with E-state index >= 15 is 0 Å². The van der Waals surface area contributed by atoms with Gasteiger partial charge in [-0.2, -0.15) is 5.34 Å². The molecule has 0 rings (SSSR count). The molecule has 0 heterocycles. The van der Waals surface area contributed by atoms with Gasteiger partial charge in [0.1, 0.15) is 6.23 Å². The molecule has 0 aliphatic carbocycles. The van der Waals surface area contributed by atoms with Crippen molar-refractivity contribution in [3.63, 3.8) is 0 Å². The minimum absolute atomic E-state index is 0.0654. The minimum atomic E-state index is -0.808. The van der Waals surface area contributed by atoms with Crippen molar-refractivity contribution < 1.29 is 4.84 Å². The van der Waals surface area contributed by atoms with Crippen molar-refractivity contribution in [3.8, 4) is 0 Å². The topological polar surface area (TPSA) is 114 Å². The van der Waals surface area contributed by atoms with E-state index in [0.29, 0.717) is 0 Å². The van der Waals surface area contributed by atoms with Gasteiger partial charge in [-0.15, -0.1) is 0 Å². The maximum absolute atomic E-state index is 9.75. The summed E-state index contributed by atoms with van der Waals surface area (Å²) in [5.41, 5.74) is 9.95. The summed E-state index contributed by atoms with van der Waals surface area (Å²) in [5, 5.41) is 9.53. The molecule has 0 saturated carbocycles. The van der Waals surface area contributed by atoms with Crippen molar-refractivity contribution >= 4 is 0 Å². The molecular weight excluding hydrogens is 112 g/mol. The smallest absolute Gasteiger partial charge is 0.140 e. The first-order chi connectivity index (χ1) is 3.66. The number of hydrogen-bond donors (Lipinski definition) is 3. The first-order valence-corrected chi connectivity index (χ1v) is 2.01. The summed E-state index contributed by atoms with van der Waals surface area (Å²) in [6, 6.07) is 0. The second-order valence-electron chi connectivity index (χ2n) is 1.16. The van der Waals surface area contributed by atoms with Crippen molar-refractivity contribution in [1.29, 1.82) is 0 Å². The van der Waals surface area contributed by atoms with Crippen LogP contribution in [0.25, 0.3) is 0 Å². The summed E-state index contributed by atoms with van der Waals surface area (Å²) in [4.78, 5) is 4.11. The SMILES string of the molecule is NCC(N)ON(N)[O-]. The average molecular weight is 121 g/mol. The molecule has 8 heavy (non-hydrogen) atoms. The lowest BCUT2D eigenvalue weighted by Gasteiger charge is -2.23. The van der Waals surface area contributed by atoms with Gasteiger partial charge in [-0.05, 0) is 0 Å². The van der Waals surface area contributed by atoms with Gasteiger partial charge in [0.05, 0.1) is 0 Å². The molecule has 0 aliphatic heterocycles. The number of nitrogens with two attached hydrogens (primary N) is 3. The molecule has 0 aromatic rings. The van der Waals surface area contributed by atoms with E-state index in [2.05, 4.69) is 10.7 Å². The summed E-state index contributed by atoms with van der Waals surface area (Å²) in [6.45, 7) is 0.0654. The molecule has 1 atom stereocenters. The van der Waals surface area contributed by atoms with Crippen LogP contribution in [0.15, 0.2) is 0 Å². The van der Waals surface area contributed by atoms with E-state index in [1.54, 1.807) is 0 Å². The second-order valence-corrected chi connectivity index (χ2v) is 1.16. The summed E-state index contributed by atoms with van der Waals surface area (Å²) >= 11 is 0. The molecular formula is C2H9N4O2-.